The third-order valence-corrected chi connectivity index (χ3v) is 8.10. The molecule has 0 aromatic rings. The number of carboxylic acid groups (broad SMARTS) is 1. The van der Waals surface area contributed by atoms with Gasteiger partial charge in [0.05, 0.1) is 30.6 Å². The second-order valence-corrected chi connectivity index (χ2v) is 10.7. The minimum atomic E-state index is -1.22. The van der Waals surface area contributed by atoms with Crippen molar-refractivity contribution < 1.29 is 29.3 Å². The molecule has 0 aliphatic carbocycles. The van der Waals surface area contributed by atoms with Gasteiger partial charge in [0.1, 0.15) is 11.6 Å². The lowest BCUT2D eigenvalue weighted by molar-refractivity contribution is -0.154. The van der Waals surface area contributed by atoms with Crippen molar-refractivity contribution in [3.05, 3.63) is 12.7 Å². The van der Waals surface area contributed by atoms with Gasteiger partial charge in [0, 0.05) is 17.9 Å². The maximum atomic E-state index is 14.0. The summed E-state index contributed by atoms with van der Waals surface area (Å²) in [5, 5.41) is 20.1. The monoisotopic (exact) mass is 514 g/mol. The number of hydrogen-bond acceptors (Lipinski definition) is 5. The zero-order valence-electron chi connectivity index (χ0n) is 19.1. The molecule has 32 heavy (non-hydrogen) atoms. The van der Waals surface area contributed by atoms with Crippen LogP contribution in [0.4, 0.5) is 0 Å². The first-order chi connectivity index (χ1) is 15.2. The first-order valence-electron chi connectivity index (χ1n) is 11.5. The molecule has 3 fully saturated rings. The predicted octanol–water partition coefficient (Wildman–Crippen LogP) is 2.04. The van der Waals surface area contributed by atoms with E-state index in [9.17, 15) is 24.6 Å². The van der Waals surface area contributed by atoms with Crippen LogP contribution in [-0.4, -0.2) is 86.1 Å². The number of unbranched alkanes of at least 4 members (excludes halogenated alkanes) is 2. The van der Waals surface area contributed by atoms with Crippen LogP contribution in [0.2, 0.25) is 0 Å². The molecule has 3 heterocycles. The third kappa shape index (κ3) is 3.90. The zero-order chi connectivity index (χ0) is 23.8. The molecule has 1 spiro atoms. The number of hydrogen-bond donors (Lipinski definition) is 2. The van der Waals surface area contributed by atoms with Gasteiger partial charge in [-0.2, -0.15) is 0 Å². The van der Waals surface area contributed by atoms with E-state index in [-0.39, 0.29) is 23.3 Å². The van der Waals surface area contributed by atoms with Crippen LogP contribution < -0.4 is 0 Å². The largest absolute Gasteiger partial charge is 0.481 e. The van der Waals surface area contributed by atoms with E-state index in [0.29, 0.717) is 19.5 Å². The number of ether oxygens (including phenoxy) is 1. The molecule has 3 unspecified atom stereocenters. The molecule has 0 aromatic carbocycles. The Hall–Kier alpha value is -1.45. The van der Waals surface area contributed by atoms with Gasteiger partial charge in [-0.25, -0.2) is 0 Å². The second kappa shape index (κ2) is 9.81. The number of rotatable bonds is 11. The maximum Gasteiger partial charge on any atom is 0.310 e. The Morgan fingerprint density at radius 3 is 2.62 bits per heavy atom. The van der Waals surface area contributed by atoms with Crippen molar-refractivity contribution in [3.8, 4) is 0 Å². The van der Waals surface area contributed by atoms with Gasteiger partial charge in [0.15, 0.2) is 0 Å². The first-order valence-corrected chi connectivity index (χ1v) is 12.4. The molecule has 3 rings (SSSR count). The normalized spacial score (nSPS) is 34.1. The van der Waals surface area contributed by atoms with Gasteiger partial charge in [-0.3, -0.25) is 14.4 Å². The van der Waals surface area contributed by atoms with Crippen LogP contribution in [-0.2, 0) is 19.1 Å². The molecule has 3 aliphatic rings. The molecule has 8 nitrogen and oxygen atoms in total. The van der Waals surface area contributed by atoms with E-state index < -0.39 is 47.5 Å². The SMILES string of the molecule is C=CCN(CCCCC)C(=O)C1N([C@@H](CO)C(C)C)C(=O)[C@@H]2[C@@H](C(=O)O)[C@@H]3OC12CC3Br. The Labute approximate surface area is 198 Å². The number of carboxylic acids is 1. The highest BCUT2D eigenvalue weighted by Gasteiger charge is 2.77. The van der Waals surface area contributed by atoms with Crippen LogP contribution in [0.5, 0.6) is 0 Å². The number of aliphatic hydroxyl groups excluding tert-OH is 1. The Balaban J connectivity index is 2.08. The van der Waals surface area contributed by atoms with Crippen molar-refractivity contribution in [1.82, 2.24) is 9.80 Å². The summed E-state index contributed by atoms with van der Waals surface area (Å²) in [5.41, 5.74) is -1.22. The number of aliphatic carboxylic acids is 1. The number of carbonyl (C=O) groups excluding carboxylic acids is 2. The zero-order valence-corrected chi connectivity index (χ0v) is 20.7. The van der Waals surface area contributed by atoms with Gasteiger partial charge in [0.25, 0.3) is 0 Å². The minimum Gasteiger partial charge on any atom is -0.481 e. The van der Waals surface area contributed by atoms with Crippen molar-refractivity contribution in [3.63, 3.8) is 0 Å². The van der Waals surface area contributed by atoms with Crippen molar-refractivity contribution in [2.75, 3.05) is 19.7 Å². The molecule has 3 aliphatic heterocycles. The molecule has 9 heteroatoms. The Kier molecular flexibility index (Phi) is 7.72. The van der Waals surface area contributed by atoms with Crippen molar-refractivity contribution in [1.29, 1.82) is 0 Å². The molecule has 0 saturated carbocycles. The molecular formula is C23H35BrN2O6. The molecule has 2 bridgehead atoms. The molecule has 0 aromatic heterocycles. The fourth-order valence-electron chi connectivity index (χ4n) is 5.78. The van der Waals surface area contributed by atoms with E-state index in [2.05, 4.69) is 29.4 Å². The summed E-state index contributed by atoms with van der Waals surface area (Å²) < 4.78 is 6.29. The summed E-state index contributed by atoms with van der Waals surface area (Å²) >= 11 is 3.55. The highest BCUT2D eigenvalue weighted by atomic mass is 79.9. The molecule has 2 N–H and O–H groups in total. The smallest absolute Gasteiger partial charge is 0.310 e. The number of nitrogens with zero attached hydrogens (tertiary/aromatic N) is 2. The average Bonchev–Trinajstić information content (AvgIpc) is 3.31. The number of amides is 2. The van der Waals surface area contributed by atoms with E-state index in [1.165, 1.54) is 4.90 Å². The summed E-state index contributed by atoms with van der Waals surface area (Å²) in [5.74, 6) is -3.85. The second-order valence-electron chi connectivity index (χ2n) is 9.52. The lowest BCUT2D eigenvalue weighted by Crippen LogP contribution is -2.60. The lowest BCUT2D eigenvalue weighted by atomic mass is 9.70. The number of likely N-dealkylation sites (tertiary alicyclic amines) is 1. The lowest BCUT2D eigenvalue weighted by Gasteiger charge is -2.40. The number of aliphatic hydroxyl groups is 1. The van der Waals surface area contributed by atoms with Crippen LogP contribution in [0, 0.1) is 17.8 Å². The average molecular weight is 515 g/mol. The topological polar surface area (TPSA) is 107 Å². The summed E-state index contributed by atoms with van der Waals surface area (Å²) in [4.78, 5) is 42.8. The minimum absolute atomic E-state index is 0.123. The van der Waals surface area contributed by atoms with E-state index in [1.54, 1.807) is 11.0 Å². The number of fused-ring (bicyclic) bond motifs is 1. The summed E-state index contributed by atoms with van der Waals surface area (Å²) in [6, 6.07) is -1.58. The Bertz CT molecular complexity index is 761. The van der Waals surface area contributed by atoms with Crippen LogP contribution in [0.25, 0.3) is 0 Å². The number of carbonyl (C=O) groups is 3. The molecule has 3 saturated heterocycles. The highest BCUT2D eigenvalue weighted by Crippen LogP contribution is 2.60. The highest BCUT2D eigenvalue weighted by molar-refractivity contribution is 9.09. The van der Waals surface area contributed by atoms with E-state index in [4.69, 9.17) is 4.74 Å². The standard InChI is InChI=1S/C23H35BrN2O6/c1-5-7-8-10-25(9-6-2)21(29)19-23-11-14(24)18(32-23)16(22(30)31)17(23)20(28)26(19)15(12-27)13(3)4/h6,13-19,27H,2,5,7-12H2,1,3-4H3,(H,30,31)/t14?,15-,16+,17-,18+,19?,23?/m0/s1. The van der Waals surface area contributed by atoms with E-state index in [1.807, 2.05) is 13.8 Å². The van der Waals surface area contributed by atoms with Gasteiger partial charge < -0.3 is 24.7 Å². The fourth-order valence-corrected chi connectivity index (χ4v) is 6.72. The van der Waals surface area contributed by atoms with Crippen LogP contribution in [0.3, 0.4) is 0 Å². The molecule has 0 radical (unpaired) electrons. The maximum absolute atomic E-state index is 14.0. The molecule has 7 atom stereocenters. The Morgan fingerprint density at radius 1 is 1.41 bits per heavy atom. The fraction of sp³-hybridized carbons (Fsp3) is 0.783. The van der Waals surface area contributed by atoms with Crippen molar-refractivity contribution in [2.24, 2.45) is 17.8 Å². The summed E-state index contributed by atoms with van der Waals surface area (Å²) in [6.45, 7) is 10.2. The van der Waals surface area contributed by atoms with Gasteiger partial charge in [0.2, 0.25) is 11.8 Å². The molecule has 180 valence electrons. The number of alkyl halides is 1. The van der Waals surface area contributed by atoms with Crippen molar-refractivity contribution >= 4 is 33.7 Å². The van der Waals surface area contributed by atoms with E-state index in [0.717, 1.165) is 19.3 Å². The molecular weight excluding hydrogens is 480 g/mol. The van der Waals surface area contributed by atoms with Gasteiger partial charge in [-0.15, -0.1) is 6.58 Å². The number of halogens is 1. The Morgan fingerprint density at radius 2 is 2.09 bits per heavy atom. The molecule has 2 amide bonds. The summed E-state index contributed by atoms with van der Waals surface area (Å²) in [7, 11) is 0. The summed E-state index contributed by atoms with van der Waals surface area (Å²) in [6.07, 6.45) is 4.16. The first kappa shape index (κ1) is 25.2. The van der Waals surface area contributed by atoms with Crippen molar-refractivity contribution in [2.45, 2.75) is 75.1 Å². The van der Waals surface area contributed by atoms with Gasteiger partial charge in [-0.05, 0) is 18.8 Å². The van der Waals surface area contributed by atoms with Crippen LogP contribution in [0.1, 0.15) is 46.5 Å². The van der Waals surface area contributed by atoms with Crippen LogP contribution in [0.15, 0.2) is 12.7 Å². The van der Waals surface area contributed by atoms with Gasteiger partial charge in [-0.1, -0.05) is 55.6 Å². The third-order valence-electron chi connectivity index (χ3n) is 7.25. The quantitative estimate of drug-likeness (QED) is 0.248. The van der Waals surface area contributed by atoms with E-state index >= 15 is 0 Å². The predicted molar refractivity (Wildman–Crippen MR) is 122 cm³/mol. The van der Waals surface area contributed by atoms with Gasteiger partial charge >= 0.3 is 5.97 Å². The van der Waals surface area contributed by atoms with Crippen LogP contribution >= 0.6 is 15.9 Å².